The number of hydrogen-bond acceptors (Lipinski definition) is 2. The van der Waals surface area contributed by atoms with E-state index in [0.717, 1.165) is 0 Å². The van der Waals surface area contributed by atoms with E-state index in [0.29, 0.717) is 0 Å². The van der Waals surface area contributed by atoms with Crippen LogP contribution in [0.15, 0.2) is 0 Å². The number of nitrogens with one attached hydrogen (secondary N) is 1. The average Bonchev–Trinajstić information content (AvgIpc) is 1.35. The van der Waals surface area contributed by atoms with E-state index in [1.807, 2.05) is 36.7 Å². The van der Waals surface area contributed by atoms with Gasteiger partial charge in [0.05, 0.1) is 6.10 Å². The molecule has 2 nitrogen and oxygen atoms in total. The van der Waals surface area contributed by atoms with Crippen molar-refractivity contribution in [2.24, 2.45) is 0 Å². The summed E-state index contributed by atoms with van der Waals surface area (Å²) in [5.74, 6) is 0. The summed E-state index contributed by atoms with van der Waals surface area (Å²) in [5, 5.41) is 0. The molecule has 0 saturated carbocycles. The van der Waals surface area contributed by atoms with Gasteiger partial charge in [0.2, 0.25) is 0 Å². The third-order valence-electron chi connectivity index (χ3n) is 0.280. The van der Waals surface area contributed by atoms with Crippen molar-refractivity contribution in [3.05, 3.63) is 0 Å². The minimum Gasteiger partial charge on any atom is -0.289 e. The summed E-state index contributed by atoms with van der Waals surface area (Å²) in [6, 6.07) is 0. The van der Waals surface area contributed by atoms with E-state index in [-0.39, 0.29) is 6.10 Å². The lowest BCUT2D eigenvalue weighted by atomic mass is 10.5. The molecular formula is C3H8INO. The van der Waals surface area contributed by atoms with E-state index < -0.39 is 0 Å². The zero-order valence-electron chi connectivity index (χ0n) is 3.86. The number of hydrogen-bond donors (Lipinski definition) is 1. The van der Waals surface area contributed by atoms with E-state index in [9.17, 15) is 0 Å². The molecular weight excluding hydrogens is 193 g/mol. The molecule has 0 bridgehead atoms. The topological polar surface area (TPSA) is 21.3 Å². The SMILES string of the molecule is CC(C)ONI. The van der Waals surface area contributed by atoms with Gasteiger partial charge in [0.25, 0.3) is 0 Å². The molecule has 0 heterocycles. The van der Waals surface area contributed by atoms with Crippen molar-refractivity contribution in [2.45, 2.75) is 20.0 Å². The molecule has 0 aliphatic carbocycles. The fourth-order valence-corrected chi connectivity index (χ4v) is 0.598. The summed E-state index contributed by atoms with van der Waals surface area (Å²) in [6.07, 6.45) is 0.280. The van der Waals surface area contributed by atoms with Gasteiger partial charge in [-0.05, 0) is 13.8 Å². The maximum atomic E-state index is 4.78. The molecule has 0 amide bonds. The Kier molecular flexibility index (Phi) is 4.24. The lowest BCUT2D eigenvalue weighted by Gasteiger charge is -1.99. The predicted molar refractivity (Wildman–Crippen MR) is 33.4 cm³/mol. The predicted octanol–water partition coefficient (Wildman–Crippen LogP) is 1.27. The fraction of sp³-hybridized carbons (Fsp3) is 1.00. The molecule has 38 valence electrons. The second kappa shape index (κ2) is 3.83. The van der Waals surface area contributed by atoms with Gasteiger partial charge in [-0.25, -0.2) is 0 Å². The molecule has 3 heteroatoms. The Morgan fingerprint density at radius 1 is 1.67 bits per heavy atom. The first-order valence-electron chi connectivity index (χ1n) is 1.78. The first-order valence-corrected chi connectivity index (χ1v) is 2.86. The van der Waals surface area contributed by atoms with Gasteiger partial charge in [-0.2, -0.15) is 0 Å². The molecule has 0 fully saturated rings. The van der Waals surface area contributed by atoms with E-state index in [1.165, 1.54) is 0 Å². The maximum Gasteiger partial charge on any atom is 0.0743 e. The van der Waals surface area contributed by atoms with Crippen LogP contribution in [0.25, 0.3) is 0 Å². The summed E-state index contributed by atoms with van der Waals surface area (Å²) in [5.41, 5.74) is 0. The van der Waals surface area contributed by atoms with Gasteiger partial charge < -0.3 is 0 Å². The minimum atomic E-state index is 0.280. The minimum absolute atomic E-state index is 0.280. The zero-order chi connectivity index (χ0) is 4.99. The van der Waals surface area contributed by atoms with Crippen LogP contribution < -0.4 is 3.69 Å². The Morgan fingerprint density at radius 3 is 2.17 bits per heavy atom. The molecule has 0 radical (unpaired) electrons. The van der Waals surface area contributed by atoms with Crippen molar-refractivity contribution in [1.29, 1.82) is 0 Å². The molecule has 0 aliphatic heterocycles. The van der Waals surface area contributed by atoms with E-state index in [2.05, 4.69) is 3.69 Å². The van der Waals surface area contributed by atoms with Crippen molar-refractivity contribution < 1.29 is 4.84 Å². The molecule has 0 aliphatic rings. The van der Waals surface area contributed by atoms with Crippen molar-refractivity contribution >= 4 is 22.9 Å². The van der Waals surface area contributed by atoms with Crippen LogP contribution in [0.3, 0.4) is 0 Å². The average molecular weight is 201 g/mol. The summed E-state index contributed by atoms with van der Waals surface area (Å²) >= 11 is 1.93. The van der Waals surface area contributed by atoms with Crippen LogP contribution >= 0.6 is 22.9 Å². The molecule has 0 atom stereocenters. The summed E-state index contributed by atoms with van der Waals surface area (Å²) in [7, 11) is 0. The lowest BCUT2D eigenvalue weighted by molar-refractivity contribution is 0.0578. The second-order valence-electron chi connectivity index (χ2n) is 1.24. The highest BCUT2D eigenvalue weighted by molar-refractivity contribution is 14.1. The molecule has 0 aromatic rings. The Bertz CT molecular complexity index is 32.0. The normalized spacial score (nSPS) is 10.0. The van der Waals surface area contributed by atoms with Gasteiger partial charge in [0.15, 0.2) is 0 Å². The van der Waals surface area contributed by atoms with Crippen LogP contribution in [0, 0.1) is 0 Å². The molecule has 0 aromatic carbocycles. The van der Waals surface area contributed by atoms with Crippen LogP contribution in [0.4, 0.5) is 0 Å². The molecule has 1 N–H and O–H groups in total. The van der Waals surface area contributed by atoms with Crippen LogP contribution in [0.2, 0.25) is 0 Å². The van der Waals surface area contributed by atoms with Crippen molar-refractivity contribution in [3.63, 3.8) is 0 Å². The standard InChI is InChI=1S/C3H8INO/c1-3(2)6-5-4/h3,5H,1-2H3. The summed E-state index contributed by atoms with van der Waals surface area (Å²) < 4.78 is 2.54. The third-order valence-corrected chi connectivity index (χ3v) is 0.535. The monoisotopic (exact) mass is 201 g/mol. The molecule has 0 saturated heterocycles. The second-order valence-corrected chi connectivity index (χ2v) is 1.68. The highest BCUT2D eigenvalue weighted by atomic mass is 127. The zero-order valence-corrected chi connectivity index (χ0v) is 6.02. The number of rotatable bonds is 2. The van der Waals surface area contributed by atoms with Gasteiger partial charge in [-0.1, -0.05) is 0 Å². The van der Waals surface area contributed by atoms with Crippen molar-refractivity contribution in [2.75, 3.05) is 0 Å². The highest BCUT2D eigenvalue weighted by Crippen LogP contribution is 1.82. The van der Waals surface area contributed by atoms with Gasteiger partial charge in [-0.3, -0.25) is 4.84 Å². The van der Waals surface area contributed by atoms with Crippen molar-refractivity contribution in [3.8, 4) is 0 Å². The van der Waals surface area contributed by atoms with Crippen LogP contribution in [0.1, 0.15) is 13.8 Å². The fourth-order valence-electron chi connectivity index (χ4n) is 0.0891. The summed E-state index contributed by atoms with van der Waals surface area (Å²) in [4.78, 5) is 4.78. The smallest absolute Gasteiger partial charge is 0.0743 e. The van der Waals surface area contributed by atoms with Gasteiger partial charge in [-0.15, -0.1) is 3.69 Å². The van der Waals surface area contributed by atoms with Gasteiger partial charge >= 0.3 is 0 Å². The molecule has 0 unspecified atom stereocenters. The van der Waals surface area contributed by atoms with E-state index in [1.54, 1.807) is 0 Å². The van der Waals surface area contributed by atoms with Gasteiger partial charge in [0.1, 0.15) is 0 Å². The largest absolute Gasteiger partial charge is 0.289 e. The Hall–Kier alpha value is 0.650. The van der Waals surface area contributed by atoms with E-state index >= 15 is 0 Å². The Morgan fingerprint density at radius 2 is 2.17 bits per heavy atom. The van der Waals surface area contributed by atoms with Crippen molar-refractivity contribution in [1.82, 2.24) is 3.69 Å². The first-order chi connectivity index (χ1) is 2.77. The van der Waals surface area contributed by atoms with Crippen LogP contribution in [-0.4, -0.2) is 6.10 Å². The third kappa shape index (κ3) is 4.65. The molecule has 0 rings (SSSR count). The van der Waals surface area contributed by atoms with Crippen LogP contribution in [-0.2, 0) is 4.84 Å². The Labute approximate surface area is 51.7 Å². The molecule has 0 aromatic heterocycles. The highest BCUT2D eigenvalue weighted by Gasteiger charge is 1.84. The quantitative estimate of drug-likeness (QED) is 0.412. The van der Waals surface area contributed by atoms with Gasteiger partial charge in [0, 0.05) is 22.9 Å². The first kappa shape index (κ1) is 6.65. The Balaban J connectivity index is 2.63. The molecule has 6 heavy (non-hydrogen) atoms. The number of halogens is 1. The molecule has 0 spiro atoms. The van der Waals surface area contributed by atoms with E-state index in [4.69, 9.17) is 4.84 Å². The lowest BCUT2D eigenvalue weighted by Crippen LogP contribution is -2.07. The van der Waals surface area contributed by atoms with Crippen LogP contribution in [0.5, 0.6) is 0 Å². The summed E-state index contributed by atoms with van der Waals surface area (Å²) in [6.45, 7) is 3.93. The maximum absolute atomic E-state index is 4.78.